The zero-order chi connectivity index (χ0) is 23.4. The number of carboxylic acids is 1. The van der Waals surface area contributed by atoms with Gasteiger partial charge in [0, 0.05) is 50.3 Å². The lowest BCUT2D eigenvalue weighted by Crippen LogP contribution is -2.36. The molecule has 5 heterocycles. The second-order valence-corrected chi connectivity index (χ2v) is 7.52. The van der Waals surface area contributed by atoms with E-state index in [4.69, 9.17) is 14.9 Å². The van der Waals surface area contributed by atoms with E-state index in [2.05, 4.69) is 34.9 Å². The molecule has 0 bridgehead atoms. The highest BCUT2D eigenvalue weighted by molar-refractivity contribution is 5.73. The minimum Gasteiger partial charge on any atom is -0.475 e. The summed E-state index contributed by atoms with van der Waals surface area (Å²) in [7, 11) is 0. The minimum atomic E-state index is -5.08. The van der Waals surface area contributed by atoms with E-state index >= 15 is 0 Å². The summed E-state index contributed by atoms with van der Waals surface area (Å²) in [6.45, 7) is 3.73. The van der Waals surface area contributed by atoms with Crippen LogP contribution in [-0.4, -0.2) is 60.1 Å². The number of anilines is 1. The number of carbonyl (C=O) groups is 1. The van der Waals surface area contributed by atoms with Gasteiger partial charge in [0.15, 0.2) is 0 Å². The van der Waals surface area contributed by atoms with Crippen molar-refractivity contribution < 1.29 is 23.1 Å². The van der Waals surface area contributed by atoms with Crippen molar-refractivity contribution in [3.63, 3.8) is 0 Å². The van der Waals surface area contributed by atoms with Gasteiger partial charge in [-0.15, -0.1) is 0 Å². The Kier molecular flexibility index (Phi) is 6.49. The predicted molar refractivity (Wildman–Crippen MR) is 110 cm³/mol. The Morgan fingerprint density at radius 3 is 2.48 bits per heavy atom. The van der Waals surface area contributed by atoms with Gasteiger partial charge in [-0.05, 0) is 18.9 Å². The van der Waals surface area contributed by atoms with Gasteiger partial charge >= 0.3 is 12.1 Å². The highest BCUT2D eigenvalue weighted by Crippen LogP contribution is 2.28. The number of piperidine rings is 1. The van der Waals surface area contributed by atoms with Crippen molar-refractivity contribution in [2.24, 2.45) is 0 Å². The molecule has 174 valence electrons. The normalized spacial score (nSPS) is 16.2. The van der Waals surface area contributed by atoms with Crippen molar-refractivity contribution in [3.05, 3.63) is 48.3 Å². The van der Waals surface area contributed by atoms with Gasteiger partial charge in [0.1, 0.15) is 5.69 Å². The first kappa shape index (κ1) is 22.6. The van der Waals surface area contributed by atoms with Crippen LogP contribution in [0, 0.1) is 0 Å². The average Bonchev–Trinajstić information content (AvgIpc) is 3.44. The third-order valence-electron chi connectivity index (χ3n) is 5.40. The van der Waals surface area contributed by atoms with Crippen molar-refractivity contribution in [2.45, 2.75) is 38.1 Å². The number of halogens is 3. The van der Waals surface area contributed by atoms with E-state index in [1.54, 1.807) is 24.8 Å². The first-order valence-electron chi connectivity index (χ1n) is 10.2. The molecular formula is C20H21F3N8O2. The molecule has 10 nitrogen and oxygen atoms in total. The molecule has 3 aromatic heterocycles. The summed E-state index contributed by atoms with van der Waals surface area (Å²) in [6.07, 6.45) is 5.89. The Bertz CT molecular complexity index is 1100. The van der Waals surface area contributed by atoms with Gasteiger partial charge in [-0.2, -0.15) is 18.3 Å². The maximum absolute atomic E-state index is 10.6. The lowest BCUT2D eigenvalue weighted by molar-refractivity contribution is -0.192. The number of hydrogen-bond acceptors (Lipinski definition) is 8. The Morgan fingerprint density at radius 1 is 1.06 bits per heavy atom. The number of carboxylic acid groups (broad SMARTS) is 1. The molecule has 0 saturated carbocycles. The van der Waals surface area contributed by atoms with E-state index in [0.29, 0.717) is 6.04 Å². The third-order valence-corrected chi connectivity index (χ3v) is 5.40. The average molecular weight is 462 g/mol. The Balaban J connectivity index is 0.000000325. The van der Waals surface area contributed by atoms with Crippen LogP contribution in [0.4, 0.5) is 19.1 Å². The minimum absolute atomic E-state index is 0.457. The number of rotatable bonds is 3. The van der Waals surface area contributed by atoms with Gasteiger partial charge in [0.05, 0.1) is 29.8 Å². The largest absolute Gasteiger partial charge is 0.490 e. The fraction of sp³-hybridized carbons (Fsp3) is 0.400. The standard InChI is InChI=1S/C18H20N8.C2HF3O2/c1-4-22-18(24-15(1)16-11-19-5-6-21-16)25-7-2-14(3-8-25)26-17-12-20-9-13(17)10-23-26;3-2(4,5)1(6)7/h1,4-6,10-11,14,20H,2-3,7-9,12H2;(H,6,7). The van der Waals surface area contributed by atoms with Crippen LogP contribution in [0.1, 0.15) is 30.1 Å². The molecule has 1 saturated heterocycles. The number of hydrogen-bond donors (Lipinski definition) is 2. The molecule has 0 unspecified atom stereocenters. The Labute approximate surface area is 186 Å². The van der Waals surface area contributed by atoms with E-state index in [-0.39, 0.29) is 0 Å². The third kappa shape index (κ3) is 5.25. The van der Waals surface area contributed by atoms with Crippen LogP contribution in [0.2, 0.25) is 0 Å². The van der Waals surface area contributed by atoms with E-state index in [1.165, 1.54) is 11.3 Å². The quantitative estimate of drug-likeness (QED) is 0.603. The van der Waals surface area contributed by atoms with Crippen molar-refractivity contribution in [2.75, 3.05) is 18.0 Å². The summed E-state index contributed by atoms with van der Waals surface area (Å²) in [6, 6.07) is 2.33. The molecule has 3 aromatic rings. The summed E-state index contributed by atoms with van der Waals surface area (Å²) in [5.41, 5.74) is 4.27. The van der Waals surface area contributed by atoms with E-state index < -0.39 is 12.1 Å². The first-order chi connectivity index (χ1) is 15.8. The van der Waals surface area contributed by atoms with Crippen LogP contribution in [0.15, 0.2) is 37.1 Å². The topological polar surface area (TPSA) is 122 Å². The molecule has 2 N–H and O–H groups in total. The molecule has 0 aliphatic carbocycles. The second-order valence-electron chi connectivity index (χ2n) is 7.52. The number of aliphatic carboxylic acids is 1. The number of aromatic nitrogens is 6. The molecule has 2 aliphatic rings. The maximum atomic E-state index is 10.6. The molecule has 0 amide bonds. The van der Waals surface area contributed by atoms with Crippen molar-refractivity contribution in [1.29, 1.82) is 0 Å². The fourth-order valence-corrected chi connectivity index (χ4v) is 3.78. The molecule has 1 fully saturated rings. The number of nitrogens with one attached hydrogen (secondary N) is 1. The van der Waals surface area contributed by atoms with Crippen LogP contribution in [0.5, 0.6) is 0 Å². The lowest BCUT2D eigenvalue weighted by Gasteiger charge is -2.32. The Hall–Kier alpha value is -3.61. The van der Waals surface area contributed by atoms with E-state index in [9.17, 15) is 13.2 Å². The van der Waals surface area contributed by atoms with Crippen LogP contribution < -0.4 is 10.2 Å². The van der Waals surface area contributed by atoms with Gasteiger partial charge in [-0.25, -0.2) is 14.8 Å². The molecule has 5 rings (SSSR count). The molecule has 33 heavy (non-hydrogen) atoms. The van der Waals surface area contributed by atoms with Crippen LogP contribution >= 0.6 is 0 Å². The number of nitrogens with zero attached hydrogens (tertiary/aromatic N) is 7. The molecule has 0 spiro atoms. The summed E-state index contributed by atoms with van der Waals surface area (Å²) >= 11 is 0. The summed E-state index contributed by atoms with van der Waals surface area (Å²) in [5.74, 6) is -1.99. The molecule has 0 radical (unpaired) electrons. The van der Waals surface area contributed by atoms with Gasteiger partial charge in [0.25, 0.3) is 0 Å². The second kappa shape index (κ2) is 9.48. The van der Waals surface area contributed by atoms with Gasteiger partial charge in [0.2, 0.25) is 5.95 Å². The zero-order valence-electron chi connectivity index (χ0n) is 17.4. The number of fused-ring (bicyclic) bond motifs is 1. The van der Waals surface area contributed by atoms with Gasteiger partial charge in [-0.3, -0.25) is 14.6 Å². The zero-order valence-corrected chi connectivity index (χ0v) is 17.4. The smallest absolute Gasteiger partial charge is 0.475 e. The fourth-order valence-electron chi connectivity index (χ4n) is 3.78. The molecule has 2 aliphatic heterocycles. The highest BCUT2D eigenvalue weighted by Gasteiger charge is 2.38. The van der Waals surface area contributed by atoms with Gasteiger partial charge in [-0.1, -0.05) is 0 Å². The van der Waals surface area contributed by atoms with Crippen molar-refractivity contribution >= 4 is 11.9 Å². The van der Waals surface area contributed by atoms with E-state index in [1.807, 2.05) is 12.3 Å². The van der Waals surface area contributed by atoms with Crippen molar-refractivity contribution in [3.8, 4) is 11.4 Å². The molecule has 13 heteroatoms. The van der Waals surface area contributed by atoms with Crippen LogP contribution in [-0.2, 0) is 17.9 Å². The predicted octanol–water partition coefficient (Wildman–Crippen LogP) is 2.21. The Morgan fingerprint density at radius 2 is 1.82 bits per heavy atom. The van der Waals surface area contributed by atoms with Crippen molar-refractivity contribution in [1.82, 2.24) is 35.0 Å². The maximum Gasteiger partial charge on any atom is 0.490 e. The SMILES string of the molecule is O=C(O)C(F)(F)F.c1cnc(-c2ccnc(N3CCC(n4ncc5c4CNC5)CC3)n2)cn1. The summed E-state index contributed by atoms with van der Waals surface area (Å²) in [5, 5.41) is 15.2. The van der Waals surface area contributed by atoms with E-state index in [0.717, 1.165) is 56.4 Å². The van der Waals surface area contributed by atoms with Crippen LogP contribution in [0.25, 0.3) is 11.4 Å². The summed E-state index contributed by atoms with van der Waals surface area (Å²) < 4.78 is 34.0. The number of alkyl halides is 3. The lowest BCUT2D eigenvalue weighted by atomic mass is 10.1. The molecule has 0 atom stereocenters. The molecule has 0 aromatic carbocycles. The summed E-state index contributed by atoms with van der Waals surface area (Å²) in [4.78, 5) is 28.7. The monoisotopic (exact) mass is 462 g/mol. The highest BCUT2D eigenvalue weighted by atomic mass is 19.4. The first-order valence-corrected chi connectivity index (χ1v) is 10.2. The van der Waals surface area contributed by atoms with Gasteiger partial charge < -0.3 is 15.3 Å². The molecular weight excluding hydrogens is 441 g/mol. The van der Waals surface area contributed by atoms with Crippen LogP contribution in [0.3, 0.4) is 0 Å².